The molecule has 0 fully saturated rings. The van der Waals surface area contributed by atoms with Gasteiger partial charge < -0.3 is 9.72 Å². The van der Waals surface area contributed by atoms with E-state index in [2.05, 4.69) is 42.9 Å². The molecule has 4 aromatic rings. The third-order valence-corrected chi connectivity index (χ3v) is 5.00. The summed E-state index contributed by atoms with van der Waals surface area (Å²) in [6, 6.07) is 8.79. The third-order valence-electron chi connectivity index (χ3n) is 5.00. The molecular formula is C22H18F2N5O+. The Morgan fingerprint density at radius 2 is 1.97 bits per heavy atom. The molecule has 0 spiro atoms. The largest absolute Gasteiger partial charge is 0.435 e. The highest BCUT2D eigenvalue weighted by Gasteiger charge is 2.22. The summed E-state index contributed by atoms with van der Waals surface area (Å²) in [4.78, 5) is 7.75. The van der Waals surface area contributed by atoms with Crippen molar-refractivity contribution in [3.05, 3.63) is 72.4 Å². The van der Waals surface area contributed by atoms with Crippen LogP contribution in [0.2, 0.25) is 0 Å². The molecule has 1 N–H and O–H groups in total. The number of pyridine rings is 1. The Hall–Kier alpha value is -3.81. The Morgan fingerprint density at radius 3 is 2.67 bits per heavy atom. The van der Waals surface area contributed by atoms with Crippen molar-refractivity contribution in [2.75, 3.05) is 0 Å². The summed E-state index contributed by atoms with van der Waals surface area (Å²) in [6.45, 7) is -2.16. The number of nitrogens with zero attached hydrogens (tertiary/aromatic N) is 4. The molecule has 1 aliphatic rings. The Bertz CT molecular complexity index is 1280. The standard InChI is InChI=1S/C22H18F2N5O/c1-28-11-16(8-27-28)15-6-19-20(9-26-21(19)25-7-15)17-12-29(13-17)10-14-2-4-18(5-3-14)30-22(23)24/h2-9,11-13,22H,10H2,1H3,(H,25,26)/q+1. The molecule has 0 aliphatic carbocycles. The summed E-state index contributed by atoms with van der Waals surface area (Å²) < 4.78 is 32.7. The van der Waals surface area contributed by atoms with Crippen LogP contribution in [0.3, 0.4) is 0 Å². The maximum absolute atomic E-state index is 12.3. The van der Waals surface area contributed by atoms with Crippen LogP contribution in [0.25, 0.3) is 27.7 Å². The fourth-order valence-corrected chi connectivity index (χ4v) is 3.53. The van der Waals surface area contributed by atoms with Crippen LogP contribution in [0.1, 0.15) is 11.1 Å². The Labute approximate surface area is 170 Å². The number of aromatic amines is 1. The highest BCUT2D eigenvalue weighted by atomic mass is 19.3. The number of fused-ring (bicyclic) bond motifs is 1. The van der Waals surface area contributed by atoms with E-state index in [1.165, 1.54) is 0 Å². The predicted molar refractivity (Wildman–Crippen MR) is 109 cm³/mol. The number of hydrogen-bond acceptors (Lipinski definition) is 3. The van der Waals surface area contributed by atoms with Crippen LogP contribution in [0.4, 0.5) is 8.78 Å². The molecule has 0 atom stereocenters. The van der Waals surface area contributed by atoms with Crippen molar-refractivity contribution in [3.63, 3.8) is 0 Å². The van der Waals surface area contributed by atoms with Crippen LogP contribution in [-0.2, 0) is 13.6 Å². The first kappa shape index (κ1) is 18.2. The molecule has 150 valence electrons. The minimum atomic E-state index is -2.81. The number of ether oxygens (including phenoxy) is 1. The van der Waals surface area contributed by atoms with E-state index < -0.39 is 6.61 Å². The van der Waals surface area contributed by atoms with Crippen molar-refractivity contribution in [1.29, 1.82) is 0 Å². The second-order valence-corrected chi connectivity index (χ2v) is 7.13. The number of benzene rings is 1. The van der Waals surface area contributed by atoms with Gasteiger partial charge in [0.15, 0.2) is 19.0 Å². The smallest absolute Gasteiger partial charge is 0.387 e. The van der Waals surface area contributed by atoms with Crippen LogP contribution in [-0.4, -0.2) is 37.2 Å². The molecule has 1 aromatic carbocycles. The number of alkyl halides is 2. The van der Waals surface area contributed by atoms with Gasteiger partial charge in [-0.15, -0.1) is 0 Å². The summed E-state index contributed by atoms with van der Waals surface area (Å²) in [5.41, 5.74) is 6.05. The second kappa shape index (κ2) is 7.22. The van der Waals surface area contributed by atoms with Gasteiger partial charge in [0.05, 0.1) is 6.20 Å². The number of allylic oxidation sites excluding steroid dienone is 1. The molecule has 1 aliphatic heterocycles. The van der Waals surface area contributed by atoms with E-state index in [9.17, 15) is 8.78 Å². The summed E-state index contributed by atoms with van der Waals surface area (Å²) >= 11 is 0. The lowest BCUT2D eigenvalue weighted by Gasteiger charge is -2.10. The van der Waals surface area contributed by atoms with Crippen LogP contribution in [0, 0.1) is 0 Å². The Kier molecular flexibility index (Phi) is 4.39. The minimum absolute atomic E-state index is 0.160. The lowest BCUT2D eigenvalue weighted by atomic mass is 10.0. The minimum Gasteiger partial charge on any atom is -0.435 e. The highest BCUT2D eigenvalue weighted by Crippen LogP contribution is 2.29. The van der Waals surface area contributed by atoms with E-state index in [4.69, 9.17) is 0 Å². The molecule has 0 unspecified atom stereocenters. The monoisotopic (exact) mass is 406 g/mol. The van der Waals surface area contributed by atoms with Crippen molar-refractivity contribution >= 4 is 22.8 Å². The molecule has 4 heterocycles. The van der Waals surface area contributed by atoms with Crippen molar-refractivity contribution in [1.82, 2.24) is 19.7 Å². The van der Waals surface area contributed by atoms with Gasteiger partial charge in [0, 0.05) is 53.3 Å². The summed E-state index contributed by atoms with van der Waals surface area (Å²) in [5.74, 6) is 0.160. The van der Waals surface area contributed by atoms with Crippen molar-refractivity contribution in [2.24, 2.45) is 7.05 Å². The number of H-pyrrole nitrogens is 1. The Balaban J connectivity index is 1.33. The molecule has 3 aromatic heterocycles. The number of nitrogens with one attached hydrogen (secondary N) is 1. The molecule has 30 heavy (non-hydrogen) atoms. The normalized spacial score (nSPS) is 13.3. The van der Waals surface area contributed by atoms with Gasteiger partial charge in [-0.05, 0) is 30.3 Å². The van der Waals surface area contributed by atoms with Gasteiger partial charge >= 0.3 is 6.61 Å². The second-order valence-electron chi connectivity index (χ2n) is 7.13. The average Bonchev–Trinajstić information content (AvgIpc) is 3.31. The van der Waals surface area contributed by atoms with Gasteiger partial charge in [-0.1, -0.05) is 0 Å². The SMILES string of the molecule is Cn1cc(-c2cnc3[nH]cc(C4=C[N+](Cc5ccc(OC(F)F)cc5)=C4)c3c2)cn1. The first-order valence-electron chi connectivity index (χ1n) is 9.38. The summed E-state index contributed by atoms with van der Waals surface area (Å²) in [5, 5.41) is 5.27. The predicted octanol–water partition coefficient (Wildman–Crippen LogP) is 4.20. The van der Waals surface area contributed by atoms with Gasteiger partial charge in [-0.2, -0.15) is 18.5 Å². The highest BCUT2D eigenvalue weighted by molar-refractivity contribution is 6.15. The number of hydrogen-bond donors (Lipinski definition) is 1. The van der Waals surface area contributed by atoms with Gasteiger partial charge in [-0.3, -0.25) is 4.68 Å². The van der Waals surface area contributed by atoms with E-state index in [1.807, 2.05) is 31.8 Å². The maximum Gasteiger partial charge on any atom is 0.387 e. The molecule has 0 saturated heterocycles. The van der Waals surface area contributed by atoms with E-state index in [1.54, 1.807) is 28.9 Å². The third kappa shape index (κ3) is 3.47. The van der Waals surface area contributed by atoms with Crippen molar-refractivity contribution in [3.8, 4) is 16.9 Å². The van der Waals surface area contributed by atoms with Crippen LogP contribution < -0.4 is 4.74 Å². The molecule has 5 rings (SSSR count). The van der Waals surface area contributed by atoms with Crippen LogP contribution >= 0.6 is 0 Å². The van der Waals surface area contributed by atoms with Crippen molar-refractivity contribution < 1.29 is 18.1 Å². The number of rotatable bonds is 6. The molecular weight excluding hydrogens is 388 g/mol. The zero-order valence-corrected chi connectivity index (χ0v) is 16.1. The average molecular weight is 406 g/mol. The van der Waals surface area contributed by atoms with Gasteiger partial charge in [0.1, 0.15) is 17.0 Å². The van der Waals surface area contributed by atoms with Gasteiger partial charge in [0.2, 0.25) is 0 Å². The molecule has 0 amide bonds. The van der Waals surface area contributed by atoms with E-state index in [0.717, 1.165) is 38.9 Å². The zero-order valence-electron chi connectivity index (χ0n) is 16.1. The maximum atomic E-state index is 12.3. The van der Waals surface area contributed by atoms with Crippen LogP contribution in [0.15, 0.2) is 61.3 Å². The quantitative estimate of drug-likeness (QED) is 0.488. The van der Waals surface area contributed by atoms with Gasteiger partial charge in [-0.25, -0.2) is 4.98 Å². The summed E-state index contributed by atoms with van der Waals surface area (Å²) in [6.07, 6.45) is 11.7. The lowest BCUT2D eigenvalue weighted by Crippen LogP contribution is -2.16. The van der Waals surface area contributed by atoms with Crippen molar-refractivity contribution in [2.45, 2.75) is 13.2 Å². The summed E-state index contributed by atoms with van der Waals surface area (Å²) in [7, 11) is 1.89. The molecule has 0 saturated carbocycles. The molecule has 0 radical (unpaired) electrons. The van der Waals surface area contributed by atoms with Crippen LogP contribution in [0.5, 0.6) is 5.75 Å². The topological polar surface area (TPSA) is 58.7 Å². The zero-order chi connectivity index (χ0) is 20.7. The molecule has 8 heteroatoms. The fraction of sp³-hybridized carbons (Fsp3) is 0.136. The van der Waals surface area contributed by atoms with E-state index in [-0.39, 0.29) is 5.75 Å². The molecule has 0 bridgehead atoms. The first-order chi connectivity index (χ1) is 14.5. The number of halogens is 2. The van der Waals surface area contributed by atoms with Gasteiger partial charge in [0.25, 0.3) is 0 Å². The number of aromatic nitrogens is 4. The Morgan fingerprint density at radius 1 is 1.17 bits per heavy atom. The fourth-order valence-electron chi connectivity index (χ4n) is 3.53. The first-order valence-corrected chi connectivity index (χ1v) is 9.38. The van der Waals surface area contributed by atoms with E-state index in [0.29, 0.717) is 6.54 Å². The van der Waals surface area contributed by atoms with E-state index >= 15 is 0 Å². The molecule has 6 nitrogen and oxygen atoms in total. The number of aryl methyl sites for hydroxylation is 1. The lowest BCUT2D eigenvalue weighted by molar-refractivity contribution is -0.475.